The maximum Gasteiger partial charge on any atom is 0.245 e. The Hall–Kier alpha value is -1.06. The normalized spacial score (nSPS) is 20.9. The van der Waals surface area contributed by atoms with E-state index < -0.39 is 0 Å². The minimum Gasteiger partial charge on any atom is -0.344 e. The van der Waals surface area contributed by atoms with Gasteiger partial charge in [0, 0.05) is 27.1 Å². The lowest BCUT2D eigenvalue weighted by Gasteiger charge is -2.25. The number of carbonyl (C=O) groups excluding carboxylic acids is 2. The van der Waals surface area contributed by atoms with Crippen molar-refractivity contribution in [2.45, 2.75) is 38.6 Å². The molecule has 4 nitrogen and oxygen atoms in total. The van der Waals surface area contributed by atoms with Crippen LogP contribution in [0.15, 0.2) is 0 Å². The van der Waals surface area contributed by atoms with Crippen LogP contribution in [0.3, 0.4) is 0 Å². The molecular formula is C11H20N2O2. The molecule has 86 valence electrons. The smallest absolute Gasteiger partial charge is 0.245 e. The van der Waals surface area contributed by atoms with Crippen LogP contribution < -0.4 is 0 Å². The lowest BCUT2D eigenvalue weighted by Crippen LogP contribution is -2.43. The zero-order valence-corrected chi connectivity index (χ0v) is 9.82. The van der Waals surface area contributed by atoms with Gasteiger partial charge in [-0.3, -0.25) is 9.59 Å². The van der Waals surface area contributed by atoms with Gasteiger partial charge in [0.25, 0.3) is 0 Å². The van der Waals surface area contributed by atoms with Gasteiger partial charge in [0.2, 0.25) is 11.8 Å². The molecule has 1 heterocycles. The van der Waals surface area contributed by atoms with Crippen molar-refractivity contribution in [3.8, 4) is 0 Å². The van der Waals surface area contributed by atoms with Gasteiger partial charge in [-0.25, -0.2) is 0 Å². The molecular weight excluding hydrogens is 192 g/mol. The number of hydrogen-bond acceptors (Lipinski definition) is 2. The minimum absolute atomic E-state index is 0.0804. The molecule has 2 amide bonds. The van der Waals surface area contributed by atoms with Crippen molar-refractivity contribution in [3.05, 3.63) is 0 Å². The number of likely N-dealkylation sites (N-methyl/N-ethyl adjacent to an activating group) is 2. The Bertz CT molecular complexity index is 253. The largest absolute Gasteiger partial charge is 0.344 e. The van der Waals surface area contributed by atoms with Crippen LogP contribution in [0.4, 0.5) is 0 Å². The fourth-order valence-electron chi connectivity index (χ4n) is 1.85. The molecule has 1 aliphatic rings. The topological polar surface area (TPSA) is 40.6 Å². The second-order valence-corrected chi connectivity index (χ2v) is 4.17. The van der Waals surface area contributed by atoms with Gasteiger partial charge in [-0.2, -0.15) is 0 Å². The number of hydrogen-bond donors (Lipinski definition) is 0. The summed E-state index contributed by atoms with van der Waals surface area (Å²) in [7, 11) is 3.53. The van der Waals surface area contributed by atoms with Crippen molar-refractivity contribution in [2.24, 2.45) is 0 Å². The molecule has 0 radical (unpaired) electrons. The van der Waals surface area contributed by atoms with E-state index in [0.29, 0.717) is 12.8 Å². The maximum atomic E-state index is 11.9. The van der Waals surface area contributed by atoms with Crippen molar-refractivity contribution in [1.82, 2.24) is 9.80 Å². The highest BCUT2D eigenvalue weighted by Crippen LogP contribution is 2.18. The van der Waals surface area contributed by atoms with E-state index in [-0.39, 0.29) is 17.9 Å². The molecule has 0 aromatic heterocycles. The average molecular weight is 212 g/mol. The van der Waals surface area contributed by atoms with Crippen molar-refractivity contribution >= 4 is 11.8 Å². The first kappa shape index (κ1) is 12.0. The lowest BCUT2D eigenvalue weighted by atomic mass is 10.2. The van der Waals surface area contributed by atoms with Crippen LogP contribution in [-0.2, 0) is 9.59 Å². The van der Waals surface area contributed by atoms with Crippen molar-refractivity contribution in [2.75, 3.05) is 20.6 Å². The van der Waals surface area contributed by atoms with E-state index >= 15 is 0 Å². The molecule has 1 rings (SSSR count). The highest BCUT2D eigenvalue weighted by atomic mass is 16.2. The highest BCUT2D eigenvalue weighted by molar-refractivity contribution is 5.90. The number of rotatable bonds is 4. The molecule has 1 fully saturated rings. The van der Waals surface area contributed by atoms with Crippen molar-refractivity contribution in [3.63, 3.8) is 0 Å². The van der Waals surface area contributed by atoms with Gasteiger partial charge < -0.3 is 9.80 Å². The molecule has 1 atom stereocenters. The van der Waals surface area contributed by atoms with Crippen LogP contribution in [0.2, 0.25) is 0 Å². The maximum absolute atomic E-state index is 11.9. The summed E-state index contributed by atoms with van der Waals surface area (Å²) in [6, 6.07) is -0.223. The lowest BCUT2D eigenvalue weighted by molar-refractivity contribution is -0.139. The average Bonchev–Trinajstić information content (AvgIpc) is 2.55. The van der Waals surface area contributed by atoms with E-state index in [9.17, 15) is 9.59 Å². The van der Waals surface area contributed by atoms with E-state index in [1.165, 1.54) is 0 Å². The summed E-state index contributed by atoms with van der Waals surface area (Å²) >= 11 is 0. The Labute approximate surface area is 91.2 Å². The van der Waals surface area contributed by atoms with Crippen molar-refractivity contribution in [1.29, 1.82) is 0 Å². The van der Waals surface area contributed by atoms with Gasteiger partial charge in [-0.1, -0.05) is 13.3 Å². The third-order valence-electron chi connectivity index (χ3n) is 3.00. The predicted molar refractivity (Wildman–Crippen MR) is 58.3 cm³/mol. The van der Waals surface area contributed by atoms with E-state index in [2.05, 4.69) is 6.92 Å². The Balaban J connectivity index is 2.49. The van der Waals surface area contributed by atoms with Gasteiger partial charge in [0.15, 0.2) is 0 Å². The molecule has 0 saturated carbocycles. The summed E-state index contributed by atoms with van der Waals surface area (Å²) in [4.78, 5) is 26.5. The summed E-state index contributed by atoms with van der Waals surface area (Å²) in [6.45, 7) is 2.89. The zero-order valence-electron chi connectivity index (χ0n) is 9.82. The summed E-state index contributed by atoms with van der Waals surface area (Å²) in [5, 5.41) is 0. The van der Waals surface area contributed by atoms with Gasteiger partial charge in [0.1, 0.15) is 6.04 Å². The Kier molecular flexibility index (Phi) is 4.12. The Morgan fingerprint density at radius 1 is 1.60 bits per heavy atom. The third kappa shape index (κ3) is 2.70. The van der Waals surface area contributed by atoms with Gasteiger partial charge >= 0.3 is 0 Å². The number of amides is 2. The number of likely N-dealkylation sites (tertiary alicyclic amines) is 1. The van der Waals surface area contributed by atoms with Crippen LogP contribution in [0, 0.1) is 0 Å². The van der Waals surface area contributed by atoms with Gasteiger partial charge in [-0.05, 0) is 12.8 Å². The molecule has 0 aromatic carbocycles. The van der Waals surface area contributed by atoms with E-state index in [1.807, 2.05) is 7.05 Å². The third-order valence-corrected chi connectivity index (χ3v) is 3.00. The molecule has 0 bridgehead atoms. The van der Waals surface area contributed by atoms with Crippen molar-refractivity contribution < 1.29 is 9.59 Å². The highest BCUT2D eigenvalue weighted by Gasteiger charge is 2.34. The molecule has 1 saturated heterocycles. The predicted octanol–water partition coefficient (Wildman–Crippen LogP) is 0.866. The molecule has 0 spiro atoms. The molecule has 1 aliphatic heterocycles. The summed E-state index contributed by atoms with van der Waals surface area (Å²) in [5.41, 5.74) is 0. The summed E-state index contributed by atoms with van der Waals surface area (Å²) in [5.74, 6) is 0.161. The molecule has 4 heteroatoms. The number of nitrogens with zero attached hydrogens (tertiary/aromatic N) is 2. The molecule has 0 aromatic rings. The first-order chi connectivity index (χ1) is 7.07. The number of carbonyl (C=O) groups is 2. The molecule has 0 N–H and O–H groups in total. The SMILES string of the molecule is CCCCN(C)C(=O)C1CCC(=O)N1C. The second kappa shape index (κ2) is 5.14. The first-order valence-corrected chi connectivity index (χ1v) is 5.58. The first-order valence-electron chi connectivity index (χ1n) is 5.58. The van der Waals surface area contributed by atoms with E-state index in [0.717, 1.165) is 19.4 Å². The standard InChI is InChI=1S/C11H20N2O2/c1-4-5-8-12(2)11(15)9-6-7-10(14)13(9)3/h9H,4-8H2,1-3H3. The minimum atomic E-state index is -0.223. The van der Waals surface area contributed by atoms with Crippen LogP contribution in [0.25, 0.3) is 0 Å². The van der Waals surface area contributed by atoms with Crippen LogP contribution in [-0.4, -0.2) is 48.3 Å². The Morgan fingerprint density at radius 3 is 2.73 bits per heavy atom. The van der Waals surface area contributed by atoms with Crippen LogP contribution >= 0.6 is 0 Å². The quantitative estimate of drug-likeness (QED) is 0.693. The van der Waals surface area contributed by atoms with E-state index in [4.69, 9.17) is 0 Å². The van der Waals surface area contributed by atoms with Crippen LogP contribution in [0.1, 0.15) is 32.6 Å². The molecule has 15 heavy (non-hydrogen) atoms. The zero-order chi connectivity index (χ0) is 11.4. The fraction of sp³-hybridized carbons (Fsp3) is 0.818. The molecule has 1 unspecified atom stereocenters. The molecule has 0 aliphatic carbocycles. The second-order valence-electron chi connectivity index (χ2n) is 4.17. The summed E-state index contributed by atoms with van der Waals surface area (Å²) in [6.07, 6.45) is 3.28. The van der Waals surface area contributed by atoms with Gasteiger partial charge in [0.05, 0.1) is 0 Å². The van der Waals surface area contributed by atoms with E-state index in [1.54, 1.807) is 16.8 Å². The number of unbranched alkanes of at least 4 members (excludes halogenated alkanes) is 1. The Morgan fingerprint density at radius 2 is 2.27 bits per heavy atom. The van der Waals surface area contributed by atoms with Crippen LogP contribution in [0.5, 0.6) is 0 Å². The van der Waals surface area contributed by atoms with Gasteiger partial charge in [-0.15, -0.1) is 0 Å². The monoisotopic (exact) mass is 212 g/mol. The fourth-order valence-corrected chi connectivity index (χ4v) is 1.85. The summed E-state index contributed by atoms with van der Waals surface area (Å²) < 4.78 is 0.